The van der Waals surface area contributed by atoms with Gasteiger partial charge < -0.3 is 9.84 Å². The third-order valence-corrected chi connectivity index (χ3v) is 3.02. The minimum absolute atomic E-state index is 0.0213. The zero-order valence-corrected chi connectivity index (χ0v) is 13.6. The van der Waals surface area contributed by atoms with Crippen LogP contribution in [0.15, 0.2) is 30.6 Å². The molecule has 0 atom stereocenters. The van der Waals surface area contributed by atoms with Crippen molar-refractivity contribution >= 4 is 47.0 Å². The Morgan fingerprint density at radius 3 is 2.45 bits per heavy atom. The van der Waals surface area contributed by atoms with Gasteiger partial charge >= 0.3 is 0 Å². The molecule has 2 aromatic rings. The molecule has 0 bridgehead atoms. The van der Waals surface area contributed by atoms with E-state index in [0.717, 1.165) is 5.56 Å². The van der Waals surface area contributed by atoms with Crippen LogP contribution in [0.25, 0.3) is 12.2 Å². The van der Waals surface area contributed by atoms with E-state index in [1.165, 1.54) is 6.33 Å². The summed E-state index contributed by atoms with van der Waals surface area (Å²) in [7, 11) is 0. The molecule has 1 heterocycles. The number of benzene rings is 1. The first-order valence-electron chi connectivity index (χ1n) is 6.27. The van der Waals surface area contributed by atoms with Crippen molar-refractivity contribution in [2.75, 3.05) is 13.2 Å². The molecule has 2 rings (SSSR count). The van der Waals surface area contributed by atoms with Gasteiger partial charge in [-0.05, 0) is 23.8 Å². The predicted molar refractivity (Wildman–Crippen MR) is 87.0 cm³/mol. The minimum atomic E-state index is -1.68. The van der Waals surface area contributed by atoms with Crippen molar-refractivity contribution in [3.8, 4) is 5.75 Å². The zero-order chi connectivity index (χ0) is 16.0. The van der Waals surface area contributed by atoms with E-state index < -0.39 is 3.79 Å². The normalized spacial score (nSPS) is 11.8. The van der Waals surface area contributed by atoms with Crippen molar-refractivity contribution in [1.29, 1.82) is 0 Å². The van der Waals surface area contributed by atoms with E-state index in [4.69, 9.17) is 44.6 Å². The average molecular weight is 361 g/mol. The number of aromatic nitrogens is 3. The number of halogens is 3. The zero-order valence-electron chi connectivity index (χ0n) is 11.3. The third-order valence-electron chi connectivity index (χ3n) is 2.51. The largest absolute Gasteiger partial charge is 0.491 e. The van der Waals surface area contributed by atoms with Crippen LogP contribution < -0.4 is 4.74 Å². The topological polar surface area (TPSA) is 68.1 Å². The van der Waals surface area contributed by atoms with Gasteiger partial charge in [-0.1, -0.05) is 53.0 Å². The first-order chi connectivity index (χ1) is 10.5. The standard InChI is InChI=1S/C14H12Cl3N3O2/c15-14(16,17)13-19-9-18-12(20-13)6-3-10-1-4-11(5-2-10)22-8-7-21/h1-6,9,21H,7-8H2. The molecule has 116 valence electrons. The van der Waals surface area contributed by atoms with Gasteiger partial charge in [-0.25, -0.2) is 15.0 Å². The maximum Gasteiger partial charge on any atom is 0.250 e. The highest BCUT2D eigenvalue weighted by Gasteiger charge is 2.26. The maximum absolute atomic E-state index is 8.69. The van der Waals surface area contributed by atoms with Gasteiger partial charge in [0.05, 0.1) is 6.61 Å². The Labute approximate surface area is 142 Å². The molecule has 0 aliphatic carbocycles. The molecular weight excluding hydrogens is 349 g/mol. The van der Waals surface area contributed by atoms with E-state index in [2.05, 4.69) is 15.0 Å². The summed E-state index contributed by atoms with van der Waals surface area (Å²) in [6.45, 7) is 0.242. The quantitative estimate of drug-likeness (QED) is 0.829. The van der Waals surface area contributed by atoms with Crippen molar-refractivity contribution in [3.05, 3.63) is 47.8 Å². The molecule has 5 nitrogen and oxygen atoms in total. The fourth-order valence-corrected chi connectivity index (χ4v) is 1.81. The van der Waals surface area contributed by atoms with Crippen LogP contribution in [0.4, 0.5) is 0 Å². The van der Waals surface area contributed by atoms with Crippen LogP contribution in [-0.2, 0) is 3.79 Å². The molecule has 0 spiro atoms. The smallest absolute Gasteiger partial charge is 0.250 e. The second-order valence-corrected chi connectivity index (χ2v) is 6.42. The van der Waals surface area contributed by atoms with Crippen molar-refractivity contribution in [2.45, 2.75) is 3.79 Å². The SMILES string of the molecule is OCCOc1ccc(C=Cc2ncnc(C(Cl)(Cl)Cl)n2)cc1. The summed E-state index contributed by atoms with van der Waals surface area (Å²) < 4.78 is 3.59. The van der Waals surface area contributed by atoms with Crippen molar-refractivity contribution in [2.24, 2.45) is 0 Å². The maximum atomic E-state index is 8.69. The molecular formula is C14H12Cl3N3O2. The molecule has 1 aromatic carbocycles. The van der Waals surface area contributed by atoms with Gasteiger partial charge in [-0.2, -0.15) is 0 Å². The molecule has 0 amide bonds. The van der Waals surface area contributed by atoms with E-state index >= 15 is 0 Å². The Bertz CT molecular complexity index is 643. The number of nitrogens with zero attached hydrogens (tertiary/aromatic N) is 3. The van der Waals surface area contributed by atoms with Crippen LogP contribution in [0.1, 0.15) is 17.2 Å². The summed E-state index contributed by atoms with van der Waals surface area (Å²) in [5.74, 6) is 1.14. The molecule has 1 aromatic heterocycles. The molecule has 22 heavy (non-hydrogen) atoms. The monoisotopic (exact) mass is 359 g/mol. The second-order valence-electron chi connectivity index (χ2n) is 4.14. The fourth-order valence-electron chi connectivity index (χ4n) is 1.54. The van der Waals surface area contributed by atoms with Gasteiger partial charge in [0, 0.05) is 0 Å². The number of hydrogen-bond acceptors (Lipinski definition) is 5. The first-order valence-corrected chi connectivity index (χ1v) is 7.40. The third kappa shape index (κ3) is 5.10. The highest BCUT2D eigenvalue weighted by molar-refractivity contribution is 6.66. The van der Waals surface area contributed by atoms with E-state index in [1.807, 2.05) is 18.2 Å². The second kappa shape index (κ2) is 7.74. The minimum Gasteiger partial charge on any atom is -0.491 e. The lowest BCUT2D eigenvalue weighted by Crippen LogP contribution is -2.08. The Balaban J connectivity index is 2.08. The highest BCUT2D eigenvalue weighted by atomic mass is 35.6. The van der Waals surface area contributed by atoms with Crippen molar-refractivity contribution in [1.82, 2.24) is 15.0 Å². The fraction of sp³-hybridized carbons (Fsp3) is 0.214. The van der Waals surface area contributed by atoms with Gasteiger partial charge in [-0.3, -0.25) is 0 Å². The van der Waals surface area contributed by atoms with Crippen LogP contribution in [0.3, 0.4) is 0 Å². The number of rotatable bonds is 5. The number of aliphatic hydroxyl groups excluding tert-OH is 1. The number of hydrogen-bond donors (Lipinski definition) is 1. The van der Waals surface area contributed by atoms with Crippen LogP contribution >= 0.6 is 34.8 Å². The summed E-state index contributed by atoms with van der Waals surface area (Å²) in [5.41, 5.74) is 0.923. The lowest BCUT2D eigenvalue weighted by atomic mass is 10.2. The molecule has 8 heteroatoms. The molecule has 0 saturated heterocycles. The lowest BCUT2D eigenvalue weighted by Gasteiger charge is -2.08. The summed E-state index contributed by atoms with van der Waals surface area (Å²) in [4.78, 5) is 11.9. The molecule has 0 aliphatic heterocycles. The Morgan fingerprint density at radius 1 is 1.09 bits per heavy atom. The average Bonchev–Trinajstić information content (AvgIpc) is 2.51. The molecule has 0 aliphatic rings. The number of alkyl halides is 3. The predicted octanol–water partition coefficient (Wildman–Crippen LogP) is 3.24. The van der Waals surface area contributed by atoms with Crippen LogP contribution in [0, 0.1) is 0 Å². The molecule has 1 N–H and O–H groups in total. The van der Waals surface area contributed by atoms with Crippen LogP contribution in [0.5, 0.6) is 5.75 Å². The Kier molecular flexibility index (Phi) is 5.97. The summed E-state index contributed by atoms with van der Waals surface area (Å²) >= 11 is 17.2. The molecule has 0 radical (unpaired) electrons. The van der Waals surface area contributed by atoms with E-state index in [-0.39, 0.29) is 19.0 Å². The van der Waals surface area contributed by atoms with E-state index in [1.54, 1.807) is 18.2 Å². The first kappa shape index (κ1) is 17.0. The van der Waals surface area contributed by atoms with Crippen LogP contribution in [-0.4, -0.2) is 33.3 Å². The number of aliphatic hydroxyl groups is 1. The van der Waals surface area contributed by atoms with Gasteiger partial charge in [0.1, 0.15) is 18.7 Å². The Morgan fingerprint density at radius 2 is 1.82 bits per heavy atom. The van der Waals surface area contributed by atoms with Crippen LogP contribution in [0.2, 0.25) is 0 Å². The highest BCUT2D eigenvalue weighted by Crippen LogP contribution is 2.35. The van der Waals surface area contributed by atoms with Crippen molar-refractivity contribution < 1.29 is 9.84 Å². The summed E-state index contributed by atoms with van der Waals surface area (Å²) in [6, 6.07) is 7.32. The summed E-state index contributed by atoms with van der Waals surface area (Å²) in [5, 5.41) is 8.69. The van der Waals surface area contributed by atoms with E-state index in [9.17, 15) is 0 Å². The van der Waals surface area contributed by atoms with E-state index in [0.29, 0.717) is 11.6 Å². The van der Waals surface area contributed by atoms with Gasteiger partial charge in [0.15, 0.2) is 11.6 Å². The Hall–Kier alpha value is -1.40. The molecule has 0 saturated carbocycles. The van der Waals surface area contributed by atoms with Gasteiger partial charge in [-0.15, -0.1) is 0 Å². The molecule has 0 fully saturated rings. The van der Waals surface area contributed by atoms with Crippen molar-refractivity contribution in [3.63, 3.8) is 0 Å². The van der Waals surface area contributed by atoms with Gasteiger partial charge in [0.2, 0.25) is 3.79 Å². The van der Waals surface area contributed by atoms with Gasteiger partial charge in [0.25, 0.3) is 0 Å². The molecule has 0 unspecified atom stereocenters. The number of ether oxygens (including phenoxy) is 1. The summed E-state index contributed by atoms with van der Waals surface area (Å²) in [6.07, 6.45) is 4.79. The lowest BCUT2D eigenvalue weighted by molar-refractivity contribution is 0.201.